The van der Waals surface area contributed by atoms with Crippen molar-refractivity contribution in [2.45, 2.75) is 0 Å². The first-order valence-corrected chi connectivity index (χ1v) is 3.53. The van der Waals surface area contributed by atoms with E-state index >= 15 is 0 Å². The second kappa shape index (κ2) is 2.40. The van der Waals surface area contributed by atoms with Gasteiger partial charge in [0.1, 0.15) is 15.3 Å². The maximum absolute atomic E-state index is 9.94. The lowest BCUT2D eigenvalue weighted by atomic mass is 10.7. The van der Waals surface area contributed by atoms with Gasteiger partial charge < -0.3 is 10.1 Å². The van der Waals surface area contributed by atoms with E-state index in [0.29, 0.717) is 3.79 Å². The summed E-state index contributed by atoms with van der Waals surface area (Å²) in [7, 11) is 0. The zero-order valence-electron chi connectivity index (χ0n) is 4.07. The van der Waals surface area contributed by atoms with Crippen LogP contribution in [0.1, 0.15) is 0 Å². The first kappa shape index (κ1) is 6.63. The molecule has 0 aliphatic carbocycles. The minimum atomic E-state index is -0.527. The number of nitro groups is 1. The van der Waals surface area contributed by atoms with Crippen molar-refractivity contribution < 1.29 is 4.92 Å². The van der Waals surface area contributed by atoms with Crippen molar-refractivity contribution >= 4 is 33.3 Å². The number of hydrogen-bond acceptors (Lipinski definition) is 4. The molecule has 1 heterocycles. The summed E-state index contributed by atoms with van der Waals surface area (Å²) in [6, 6.07) is 1.37. The molecule has 0 N–H and O–H groups in total. The third-order valence-corrected chi connectivity index (χ3v) is 1.89. The molecule has 48 valence electrons. The lowest BCUT2D eigenvalue weighted by Gasteiger charge is -1.81. The Hall–Kier alpha value is -0.490. The van der Waals surface area contributed by atoms with Gasteiger partial charge in [0.2, 0.25) is 0 Å². The fourth-order valence-electron chi connectivity index (χ4n) is 0.331. The quantitative estimate of drug-likeness (QED) is 0.523. The van der Waals surface area contributed by atoms with Crippen LogP contribution in [0.2, 0.25) is 0 Å². The number of rotatable bonds is 1. The van der Waals surface area contributed by atoms with Gasteiger partial charge in [0.15, 0.2) is 0 Å². The minimum Gasteiger partial charge on any atom is -0.358 e. The number of halogens is 1. The van der Waals surface area contributed by atoms with Gasteiger partial charge in [0.05, 0.1) is 6.07 Å². The summed E-state index contributed by atoms with van der Waals surface area (Å²) in [5, 5.41) is 9.94. The Balaban J connectivity index is 2.98. The average Bonchev–Trinajstić information content (AvgIpc) is 2.14. The summed E-state index contributed by atoms with van der Waals surface area (Å²) >= 11 is 4.11. The first-order chi connectivity index (χ1) is 4.20. The topological polar surface area (TPSA) is 56.0 Å². The molecule has 0 amide bonds. The molecule has 0 spiro atoms. The van der Waals surface area contributed by atoms with Crippen LogP contribution in [0.3, 0.4) is 0 Å². The molecule has 0 saturated heterocycles. The highest BCUT2D eigenvalue weighted by Gasteiger charge is 2.09. The largest absolute Gasteiger partial charge is 0.379 e. The second-order valence-corrected chi connectivity index (χ2v) is 3.43. The van der Waals surface area contributed by atoms with Crippen molar-refractivity contribution in [1.29, 1.82) is 0 Å². The molecule has 0 bridgehead atoms. The van der Waals surface area contributed by atoms with Crippen molar-refractivity contribution in [2.24, 2.45) is 0 Å². The van der Waals surface area contributed by atoms with Gasteiger partial charge in [-0.15, -0.1) is 0 Å². The van der Waals surface area contributed by atoms with Crippen LogP contribution >= 0.6 is 27.5 Å². The maximum atomic E-state index is 9.94. The summed E-state index contributed by atoms with van der Waals surface area (Å²) in [5.74, 6) is -0.105. The van der Waals surface area contributed by atoms with Gasteiger partial charge in [-0.1, -0.05) is 0 Å². The molecule has 1 aromatic rings. The van der Waals surface area contributed by atoms with E-state index < -0.39 is 4.92 Å². The maximum Gasteiger partial charge on any atom is 0.379 e. The third-order valence-electron chi connectivity index (χ3n) is 0.656. The summed E-state index contributed by atoms with van der Waals surface area (Å²) in [5.41, 5.74) is 0. The highest BCUT2D eigenvalue weighted by Crippen LogP contribution is 2.21. The van der Waals surface area contributed by atoms with Gasteiger partial charge in [-0.3, -0.25) is 0 Å². The van der Waals surface area contributed by atoms with Gasteiger partial charge in [-0.05, 0) is 20.9 Å². The van der Waals surface area contributed by atoms with E-state index in [2.05, 4.69) is 20.3 Å². The third kappa shape index (κ3) is 1.46. The molecule has 1 rings (SSSR count). The highest BCUT2D eigenvalue weighted by molar-refractivity contribution is 9.11. The monoisotopic (exact) mass is 208 g/mol. The summed E-state index contributed by atoms with van der Waals surface area (Å²) in [6.07, 6.45) is 0. The molecule has 0 aromatic carbocycles. The SMILES string of the molecule is O=[N+]([O-])c1cc(Br)sn1. The Morgan fingerprint density at radius 3 is 2.78 bits per heavy atom. The summed E-state index contributed by atoms with van der Waals surface area (Å²) < 4.78 is 4.19. The summed E-state index contributed by atoms with van der Waals surface area (Å²) in [4.78, 5) is 9.42. The van der Waals surface area contributed by atoms with Gasteiger partial charge >= 0.3 is 5.82 Å². The molecule has 0 aliphatic heterocycles. The molecule has 0 saturated carbocycles. The van der Waals surface area contributed by atoms with E-state index in [1.54, 1.807) is 0 Å². The second-order valence-electron chi connectivity index (χ2n) is 1.25. The predicted molar refractivity (Wildman–Crippen MR) is 36.5 cm³/mol. The molecule has 0 atom stereocenters. The molecule has 0 unspecified atom stereocenters. The molecular formula is C3HBrN2O2S. The van der Waals surface area contributed by atoms with Crippen LogP contribution in [-0.4, -0.2) is 9.30 Å². The lowest BCUT2D eigenvalue weighted by molar-refractivity contribution is -0.388. The van der Waals surface area contributed by atoms with Crippen molar-refractivity contribution in [3.63, 3.8) is 0 Å². The predicted octanol–water partition coefficient (Wildman–Crippen LogP) is 1.81. The smallest absolute Gasteiger partial charge is 0.358 e. The van der Waals surface area contributed by atoms with Crippen LogP contribution in [0.5, 0.6) is 0 Å². The number of nitrogens with zero attached hydrogens (tertiary/aromatic N) is 2. The van der Waals surface area contributed by atoms with Crippen LogP contribution in [0.25, 0.3) is 0 Å². The van der Waals surface area contributed by atoms with Gasteiger partial charge in [0.25, 0.3) is 0 Å². The van der Waals surface area contributed by atoms with Crippen molar-refractivity contribution in [2.75, 3.05) is 0 Å². The van der Waals surface area contributed by atoms with Crippen LogP contribution in [0.15, 0.2) is 9.85 Å². The standard InChI is InChI=1S/C3HBrN2O2S/c4-2-1-3(5-9-2)6(7)8/h1H. The lowest BCUT2D eigenvalue weighted by Crippen LogP contribution is -1.84. The van der Waals surface area contributed by atoms with Crippen LogP contribution in [0, 0.1) is 10.1 Å². The molecule has 0 fully saturated rings. The van der Waals surface area contributed by atoms with Gasteiger partial charge in [-0.2, -0.15) is 0 Å². The zero-order valence-corrected chi connectivity index (χ0v) is 6.48. The fraction of sp³-hybridized carbons (Fsp3) is 0. The van der Waals surface area contributed by atoms with E-state index in [1.807, 2.05) is 0 Å². The Kier molecular flexibility index (Phi) is 1.77. The molecule has 0 radical (unpaired) electrons. The molecule has 9 heavy (non-hydrogen) atoms. The molecule has 0 aliphatic rings. The fourth-order valence-corrected chi connectivity index (χ4v) is 1.21. The van der Waals surface area contributed by atoms with E-state index in [-0.39, 0.29) is 5.82 Å². The first-order valence-electron chi connectivity index (χ1n) is 1.97. The van der Waals surface area contributed by atoms with Crippen molar-refractivity contribution in [1.82, 2.24) is 4.37 Å². The van der Waals surface area contributed by atoms with Gasteiger partial charge in [-0.25, -0.2) is 0 Å². The Morgan fingerprint density at radius 1 is 1.89 bits per heavy atom. The Bertz CT molecular complexity index is 235. The normalized spacial score (nSPS) is 9.44. The summed E-state index contributed by atoms with van der Waals surface area (Å²) in [6.45, 7) is 0. The van der Waals surface area contributed by atoms with E-state index in [0.717, 1.165) is 11.5 Å². The van der Waals surface area contributed by atoms with Crippen molar-refractivity contribution in [3.05, 3.63) is 20.0 Å². The van der Waals surface area contributed by atoms with E-state index in [1.165, 1.54) is 6.07 Å². The highest BCUT2D eigenvalue weighted by atomic mass is 79.9. The molecular weight excluding hydrogens is 208 g/mol. The Morgan fingerprint density at radius 2 is 2.56 bits per heavy atom. The molecule has 6 heteroatoms. The van der Waals surface area contributed by atoms with Crippen LogP contribution in [-0.2, 0) is 0 Å². The number of hydrogen-bond donors (Lipinski definition) is 0. The van der Waals surface area contributed by atoms with Crippen molar-refractivity contribution in [3.8, 4) is 0 Å². The van der Waals surface area contributed by atoms with Crippen LogP contribution in [0.4, 0.5) is 5.82 Å². The van der Waals surface area contributed by atoms with E-state index in [4.69, 9.17) is 0 Å². The minimum absolute atomic E-state index is 0.105. The molecule has 1 aromatic heterocycles. The van der Waals surface area contributed by atoms with Gasteiger partial charge in [0, 0.05) is 4.37 Å². The van der Waals surface area contributed by atoms with Crippen LogP contribution < -0.4 is 0 Å². The molecule has 4 nitrogen and oxygen atoms in total. The number of aromatic nitrogens is 1. The zero-order chi connectivity index (χ0) is 6.85. The average molecular weight is 209 g/mol. The Labute approximate surface area is 63.0 Å². The van der Waals surface area contributed by atoms with E-state index in [9.17, 15) is 10.1 Å².